The monoisotopic (exact) mass is 678 g/mol. The van der Waals surface area contributed by atoms with Crippen molar-refractivity contribution >= 4 is 45.6 Å². The number of amides is 1. The number of nitrogens with one attached hydrogen (secondary N) is 2. The Morgan fingerprint density at radius 1 is 0.978 bits per heavy atom. The molecule has 1 unspecified atom stereocenters. The fourth-order valence-corrected chi connectivity index (χ4v) is 8.56. The van der Waals surface area contributed by atoms with E-state index >= 15 is 0 Å². The number of para-hydroxylation sites is 1. The Labute approximate surface area is 283 Å². The highest BCUT2D eigenvalue weighted by Crippen LogP contribution is 2.57. The van der Waals surface area contributed by atoms with Crippen molar-refractivity contribution in [2.75, 3.05) is 18.6 Å². The molecule has 1 heterocycles. The first kappa shape index (κ1) is 33.9. The van der Waals surface area contributed by atoms with Crippen LogP contribution in [0.15, 0.2) is 95.9 Å². The van der Waals surface area contributed by atoms with Gasteiger partial charge in [0.1, 0.15) is 4.90 Å². The number of sulfonamides is 1. The van der Waals surface area contributed by atoms with E-state index in [0.29, 0.717) is 5.92 Å². The van der Waals surface area contributed by atoms with Gasteiger partial charge in [-0.25, -0.2) is 13.6 Å². The van der Waals surface area contributed by atoms with Crippen LogP contribution < -0.4 is 20.9 Å². The van der Waals surface area contributed by atoms with Gasteiger partial charge in [0.15, 0.2) is 0 Å². The Bertz CT molecular complexity index is 1800. The summed E-state index contributed by atoms with van der Waals surface area (Å²) < 4.78 is 23.1. The number of primary sulfonamides is 1. The van der Waals surface area contributed by atoms with Crippen LogP contribution in [-0.2, 0) is 21.9 Å². The largest absolute Gasteiger partial charge is 0.320 e. The van der Waals surface area contributed by atoms with Gasteiger partial charge < -0.3 is 5.32 Å². The standard InChI is InChI=1S/C20H23N.C16H16ClN3O3S.ClH/c1-21-14-6-12-20-13-11-15(16-7-2-4-9-18(16)20)17-8-3-5-10-19(17)20;1-10-8-11-4-2-3-5-14(11)20(10)19-16(21)12-6-7-13(17)15(9-12)24(18,22)23;/h2-5,7-10,15,21H,6,11-14H2,1H3;2-7,9-10H,8H2,1H3,(H,19,21)(H2,18,22,23);1H. The molecule has 8 rings (SSSR count). The molecule has 4 aromatic rings. The number of benzene rings is 4. The molecule has 0 spiro atoms. The van der Waals surface area contributed by atoms with Crippen molar-refractivity contribution in [2.45, 2.75) is 61.3 Å². The van der Waals surface area contributed by atoms with Crippen LogP contribution >= 0.6 is 24.0 Å². The van der Waals surface area contributed by atoms with Crippen molar-refractivity contribution in [1.82, 2.24) is 10.7 Å². The Morgan fingerprint density at radius 3 is 2.26 bits per heavy atom. The zero-order valence-corrected chi connectivity index (χ0v) is 28.4. The van der Waals surface area contributed by atoms with Crippen LogP contribution in [-0.4, -0.2) is 34.0 Å². The smallest absolute Gasteiger partial charge is 0.269 e. The van der Waals surface area contributed by atoms with E-state index in [1.807, 2.05) is 31.2 Å². The maximum atomic E-state index is 12.5. The van der Waals surface area contributed by atoms with Gasteiger partial charge in [0.2, 0.25) is 10.0 Å². The van der Waals surface area contributed by atoms with Crippen molar-refractivity contribution in [3.8, 4) is 0 Å². The second-order valence-electron chi connectivity index (χ2n) is 12.2. The molecule has 10 heteroatoms. The number of carbonyl (C=O) groups is 1. The van der Waals surface area contributed by atoms with Crippen LogP contribution in [0.5, 0.6) is 0 Å². The summed E-state index contributed by atoms with van der Waals surface area (Å²) in [6.07, 6.45) is 5.95. The average molecular weight is 680 g/mol. The molecular formula is C36H40Cl2N4O3S. The van der Waals surface area contributed by atoms with Crippen molar-refractivity contribution in [3.05, 3.63) is 129 Å². The molecule has 46 heavy (non-hydrogen) atoms. The van der Waals surface area contributed by atoms with Crippen LogP contribution in [0.1, 0.15) is 76.7 Å². The quantitative estimate of drug-likeness (QED) is 0.188. The third kappa shape index (κ3) is 6.29. The molecule has 0 radical (unpaired) electrons. The van der Waals surface area contributed by atoms with Gasteiger partial charge in [-0.15, -0.1) is 12.4 Å². The Morgan fingerprint density at radius 2 is 1.61 bits per heavy atom. The second kappa shape index (κ2) is 13.8. The molecule has 1 amide bonds. The van der Waals surface area contributed by atoms with Crippen molar-refractivity contribution in [1.29, 1.82) is 0 Å². The fourth-order valence-electron chi connectivity index (χ4n) is 7.49. The third-order valence-electron chi connectivity index (χ3n) is 9.52. The normalized spacial score (nSPS) is 20.4. The first-order chi connectivity index (χ1) is 21.6. The molecule has 242 valence electrons. The zero-order chi connectivity index (χ0) is 31.8. The first-order valence-corrected chi connectivity index (χ1v) is 17.4. The Hall–Kier alpha value is -3.40. The molecular weight excluding hydrogens is 639 g/mol. The van der Waals surface area contributed by atoms with Crippen molar-refractivity contribution in [2.24, 2.45) is 5.14 Å². The SMILES string of the molecule is CC1Cc2ccccc2N1NC(=O)c1ccc(Cl)c(S(N)(=O)=O)c1.CNCCCC12CCC(c3ccccc31)c1ccccc12.Cl. The molecule has 4 aliphatic rings. The van der Waals surface area contributed by atoms with Gasteiger partial charge in [0.05, 0.1) is 16.8 Å². The summed E-state index contributed by atoms with van der Waals surface area (Å²) in [4.78, 5) is 12.2. The average Bonchev–Trinajstić information content (AvgIpc) is 3.36. The number of hydrazine groups is 1. The summed E-state index contributed by atoms with van der Waals surface area (Å²) in [5, 5.41) is 10.2. The van der Waals surface area contributed by atoms with Crippen LogP contribution in [0.2, 0.25) is 5.02 Å². The Kier molecular flexibility index (Phi) is 10.2. The number of nitrogens with zero attached hydrogens (tertiary/aromatic N) is 1. The molecule has 4 N–H and O–H groups in total. The second-order valence-corrected chi connectivity index (χ2v) is 14.2. The number of fused-ring (bicyclic) bond motifs is 2. The van der Waals surface area contributed by atoms with E-state index in [1.165, 1.54) is 43.9 Å². The number of anilines is 1. The highest BCUT2D eigenvalue weighted by molar-refractivity contribution is 7.89. The first-order valence-electron chi connectivity index (χ1n) is 15.5. The number of carbonyl (C=O) groups excluding carboxylic acids is 1. The lowest BCUT2D eigenvalue weighted by Crippen LogP contribution is -2.45. The van der Waals surface area contributed by atoms with Gasteiger partial charge in [0, 0.05) is 16.9 Å². The minimum absolute atomic E-state index is 0. The summed E-state index contributed by atoms with van der Waals surface area (Å²) in [7, 11) is -1.95. The summed E-state index contributed by atoms with van der Waals surface area (Å²) in [6, 6.07) is 30.2. The Balaban J connectivity index is 0.000000178. The molecule has 4 aromatic carbocycles. The molecule has 0 saturated heterocycles. The maximum absolute atomic E-state index is 12.5. The minimum Gasteiger partial charge on any atom is -0.320 e. The zero-order valence-electron chi connectivity index (χ0n) is 26.0. The van der Waals surface area contributed by atoms with E-state index in [2.05, 4.69) is 66.3 Å². The van der Waals surface area contributed by atoms with Crippen LogP contribution in [0.25, 0.3) is 0 Å². The lowest BCUT2D eigenvalue weighted by Gasteiger charge is -2.50. The van der Waals surface area contributed by atoms with Gasteiger partial charge in [-0.2, -0.15) is 0 Å². The van der Waals surface area contributed by atoms with E-state index in [0.717, 1.165) is 24.2 Å². The number of nitrogens with two attached hydrogens (primary N) is 1. The van der Waals surface area contributed by atoms with Gasteiger partial charge in [-0.3, -0.25) is 15.2 Å². The number of hydrogen-bond donors (Lipinski definition) is 3. The number of rotatable bonds is 7. The summed E-state index contributed by atoms with van der Waals surface area (Å²) in [5.41, 5.74) is 11.7. The van der Waals surface area contributed by atoms with Gasteiger partial charge in [-0.05, 0) is 105 Å². The van der Waals surface area contributed by atoms with E-state index in [4.69, 9.17) is 16.7 Å². The summed E-state index contributed by atoms with van der Waals surface area (Å²) in [6.45, 7) is 3.10. The molecule has 2 bridgehead atoms. The lowest BCUT2D eigenvalue weighted by molar-refractivity contribution is 0.0946. The van der Waals surface area contributed by atoms with E-state index in [9.17, 15) is 13.2 Å². The maximum Gasteiger partial charge on any atom is 0.269 e. The third-order valence-corrected chi connectivity index (χ3v) is 10.9. The van der Waals surface area contributed by atoms with E-state index < -0.39 is 15.9 Å². The highest BCUT2D eigenvalue weighted by atomic mass is 35.5. The van der Waals surface area contributed by atoms with Crippen LogP contribution in [0.4, 0.5) is 5.69 Å². The van der Waals surface area contributed by atoms with E-state index in [-0.39, 0.29) is 39.3 Å². The van der Waals surface area contributed by atoms with Gasteiger partial charge in [0.25, 0.3) is 5.91 Å². The summed E-state index contributed by atoms with van der Waals surface area (Å²) >= 11 is 5.84. The van der Waals surface area contributed by atoms with Crippen LogP contribution in [0.3, 0.4) is 0 Å². The highest BCUT2D eigenvalue weighted by Gasteiger charge is 2.47. The van der Waals surface area contributed by atoms with Crippen LogP contribution in [0, 0.1) is 0 Å². The molecule has 7 nitrogen and oxygen atoms in total. The minimum atomic E-state index is -4.00. The summed E-state index contributed by atoms with van der Waals surface area (Å²) in [5.74, 6) is 0.198. The lowest BCUT2D eigenvalue weighted by atomic mass is 9.54. The van der Waals surface area contributed by atoms with E-state index in [1.54, 1.807) is 27.3 Å². The van der Waals surface area contributed by atoms with Crippen molar-refractivity contribution in [3.63, 3.8) is 0 Å². The predicted molar refractivity (Wildman–Crippen MR) is 188 cm³/mol. The molecule has 0 saturated carbocycles. The predicted octanol–water partition coefficient (Wildman–Crippen LogP) is 6.72. The molecule has 1 aliphatic heterocycles. The number of hydrogen-bond acceptors (Lipinski definition) is 5. The molecule has 0 aromatic heterocycles. The molecule has 0 fully saturated rings. The number of halogens is 2. The van der Waals surface area contributed by atoms with Gasteiger partial charge in [-0.1, -0.05) is 78.3 Å². The molecule has 3 aliphatic carbocycles. The molecule has 1 atom stereocenters. The van der Waals surface area contributed by atoms with Gasteiger partial charge >= 0.3 is 0 Å². The van der Waals surface area contributed by atoms with Crippen molar-refractivity contribution < 1.29 is 13.2 Å². The fraction of sp³-hybridized carbons (Fsp3) is 0.306. The topological polar surface area (TPSA) is 105 Å².